The lowest BCUT2D eigenvalue weighted by Crippen LogP contribution is -2.39. The van der Waals surface area contributed by atoms with Gasteiger partial charge in [0.15, 0.2) is 0 Å². The van der Waals surface area contributed by atoms with E-state index in [1.807, 2.05) is 30.3 Å². The van der Waals surface area contributed by atoms with Gasteiger partial charge in [0.05, 0.1) is 0 Å². The third-order valence-electron chi connectivity index (χ3n) is 3.68. The molecule has 1 unspecified atom stereocenters. The molecule has 0 saturated carbocycles. The first-order valence-corrected chi connectivity index (χ1v) is 8.30. The number of carboxylic acids is 1. The third kappa shape index (κ3) is 7.72. The zero-order valence-electron chi connectivity index (χ0n) is 14.4. The Kier molecular flexibility index (Phi) is 7.54. The van der Waals surface area contributed by atoms with Gasteiger partial charge in [0.25, 0.3) is 0 Å². The molecule has 27 heavy (non-hydrogen) atoms. The molecule has 0 aliphatic carbocycles. The van der Waals surface area contributed by atoms with E-state index in [0.29, 0.717) is 6.42 Å². The Bertz CT molecular complexity index is 756. The van der Waals surface area contributed by atoms with Gasteiger partial charge in [-0.25, -0.2) is 4.79 Å². The van der Waals surface area contributed by atoms with Crippen molar-refractivity contribution in [3.8, 4) is 5.75 Å². The topological polar surface area (TPSA) is 87.7 Å². The third-order valence-corrected chi connectivity index (χ3v) is 3.68. The van der Waals surface area contributed by atoms with Crippen molar-refractivity contribution < 1.29 is 28.2 Å². The molecule has 8 heteroatoms. The first-order valence-electron chi connectivity index (χ1n) is 8.30. The fourth-order valence-corrected chi connectivity index (χ4v) is 2.52. The monoisotopic (exact) mass is 378 g/mol. The lowest BCUT2D eigenvalue weighted by Gasteiger charge is -2.19. The molecule has 2 aromatic carbocycles. The van der Waals surface area contributed by atoms with E-state index in [9.17, 15) is 18.4 Å². The molecule has 0 aromatic heterocycles. The van der Waals surface area contributed by atoms with Crippen molar-refractivity contribution in [1.82, 2.24) is 5.32 Å². The summed E-state index contributed by atoms with van der Waals surface area (Å²) in [5.41, 5.74) is 1.24. The van der Waals surface area contributed by atoms with Gasteiger partial charge in [-0.3, -0.25) is 4.79 Å². The van der Waals surface area contributed by atoms with Crippen molar-refractivity contribution in [3.63, 3.8) is 0 Å². The standard InChI is InChI=1S/C19H20F2N2O4/c20-18(21)27-16-8-4-7-14(12-16)22-19(26)23-15(9-10-17(24)25)11-13-5-2-1-3-6-13/h1-8,12,15,18H,9-11H2,(H,24,25)(H2,22,23,26). The van der Waals surface area contributed by atoms with Gasteiger partial charge in [-0.05, 0) is 30.5 Å². The maximum Gasteiger partial charge on any atom is 0.387 e. The number of nitrogens with one attached hydrogen (secondary N) is 2. The van der Waals surface area contributed by atoms with Gasteiger partial charge < -0.3 is 20.5 Å². The Hall–Kier alpha value is -3.16. The first-order chi connectivity index (χ1) is 12.9. The highest BCUT2D eigenvalue weighted by Crippen LogP contribution is 2.19. The van der Waals surface area contributed by atoms with Crippen LogP contribution in [0.25, 0.3) is 0 Å². The van der Waals surface area contributed by atoms with E-state index in [0.717, 1.165) is 5.56 Å². The lowest BCUT2D eigenvalue weighted by atomic mass is 10.0. The number of hydrogen-bond acceptors (Lipinski definition) is 3. The highest BCUT2D eigenvalue weighted by atomic mass is 19.3. The van der Waals surface area contributed by atoms with Crippen molar-refractivity contribution in [2.24, 2.45) is 0 Å². The fraction of sp³-hybridized carbons (Fsp3) is 0.263. The molecule has 1 atom stereocenters. The summed E-state index contributed by atoms with van der Waals surface area (Å²) in [6.07, 6.45) is 0.637. The molecule has 2 rings (SSSR count). The first kappa shape index (κ1) is 20.2. The SMILES string of the molecule is O=C(O)CCC(Cc1ccccc1)NC(=O)Nc1cccc(OC(F)F)c1. The van der Waals surface area contributed by atoms with Crippen LogP contribution in [0.4, 0.5) is 19.3 Å². The van der Waals surface area contributed by atoms with E-state index in [1.54, 1.807) is 0 Å². The summed E-state index contributed by atoms with van der Waals surface area (Å²) in [5.74, 6) is -1.03. The zero-order valence-corrected chi connectivity index (χ0v) is 14.4. The molecule has 0 saturated heterocycles. The average molecular weight is 378 g/mol. The molecule has 0 spiro atoms. The van der Waals surface area contributed by atoms with E-state index in [4.69, 9.17) is 5.11 Å². The molecule has 0 aliphatic rings. The number of halogens is 2. The molecular weight excluding hydrogens is 358 g/mol. The van der Waals surface area contributed by atoms with Crippen LogP contribution in [0, 0.1) is 0 Å². The summed E-state index contributed by atoms with van der Waals surface area (Å²) in [6, 6.07) is 14.0. The minimum absolute atomic E-state index is 0.0745. The van der Waals surface area contributed by atoms with Crippen LogP contribution in [0.2, 0.25) is 0 Å². The predicted molar refractivity (Wildman–Crippen MR) is 96.0 cm³/mol. The Labute approximate surface area is 155 Å². The van der Waals surface area contributed by atoms with Gasteiger partial charge >= 0.3 is 18.6 Å². The van der Waals surface area contributed by atoms with E-state index >= 15 is 0 Å². The molecule has 6 nitrogen and oxygen atoms in total. The van der Waals surface area contributed by atoms with Crippen LogP contribution in [0.5, 0.6) is 5.75 Å². The molecule has 144 valence electrons. The summed E-state index contributed by atoms with van der Waals surface area (Å²) in [5, 5.41) is 14.2. The van der Waals surface area contributed by atoms with Crippen molar-refractivity contribution in [1.29, 1.82) is 0 Å². The molecule has 2 aromatic rings. The number of alkyl halides is 2. The number of carbonyl (C=O) groups excluding carboxylic acids is 1. The Morgan fingerprint density at radius 1 is 1.07 bits per heavy atom. The Morgan fingerprint density at radius 2 is 1.81 bits per heavy atom. The number of carboxylic acid groups (broad SMARTS) is 1. The number of anilines is 1. The van der Waals surface area contributed by atoms with Crippen LogP contribution in [-0.4, -0.2) is 29.8 Å². The number of benzene rings is 2. The molecule has 0 bridgehead atoms. The van der Waals surface area contributed by atoms with Crippen LogP contribution >= 0.6 is 0 Å². The highest BCUT2D eigenvalue weighted by Gasteiger charge is 2.15. The van der Waals surface area contributed by atoms with Crippen LogP contribution in [0.1, 0.15) is 18.4 Å². The molecule has 3 N–H and O–H groups in total. The quantitative estimate of drug-likeness (QED) is 0.618. The van der Waals surface area contributed by atoms with Gasteiger partial charge in [-0.15, -0.1) is 0 Å². The second kappa shape index (κ2) is 10.1. The van der Waals surface area contributed by atoms with Crippen molar-refractivity contribution >= 4 is 17.7 Å². The second-order valence-electron chi connectivity index (χ2n) is 5.82. The normalized spacial score (nSPS) is 11.7. The smallest absolute Gasteiger partial charge is 0.387 e. The second-order valence-corrected chi connectivity index (χ2v) is 5.82. The molecule has 2 amide bonds. The molecule has 0 heterocycles. The van der Waals surface area contributed by atoms with Gasteiger partial charge in [0.1, 0.15) is 5.75 Å². The number of carbonyl (C=O) groups is 2. The number of ether oxygens (including phenoxy) is 1. The van der Waals surface area contributed by atoms with Gasteiger partial charge in [-0.1, -0.05) is 36.4 Å². The van der Waals surface area contributed by atoms with Crippen molar-refractivity contribution in [3.05, 3.63) is 60.2 Å². The van der Waals surface area contributed by atoms with Gasteiger partial charge in [-0.2, -0.15) is 8.78 Å². The molecule has 0 aliphatic heterocycles. The van der Waals surface area contributed by atoms with Crippen LogP contribution < -0.4 is 15.4 Å². The van der Waals surface area contributed by atoms with Crippen LogP contribution in [-0.2, 0) is 11.2 Å². The molecule has 0 radical (unpaired) electrons. The number of hydrogen-bond donors (Lipinski definition) is 3. The van der Waals surface area contributed by atoms with Crippen LogP contribution in [0.3, 0.4) is 0 Å². The number of aliphatic carboxylic acids is 1. The minimum atomic E-state index is -2.96. The number of urea groups is 1. The number of rotatable bonds is 9. The van der Waals surface area contributed by atoms with Gasteiger partial charge in [0.2, 0.25) is 0 Å². The highest BCUT2D eigenvalue weighted by molar-refractivity contribution is 5.89. The minimum Gasteiger partial charge on any atom is -0.481 e. The Balaban J connectivity index is 1.98. The summed E-state index contributed by atoms with van der Waals surface area (Å²) < 4.78 is 28.8. The number of amides is 2. The summed E-state index contributed by atoms with van der Waals surface area (Å²) in [6.45, 7) is -2.96. The van der Waals surface area contributed by atoms with Crippen molar-refractivity contribution in [2.45, 2.75) is 31.9 Å². The average Bonchev–Trinajstić information content (AvgIpc) is 2.60. The maximum atomic E-state index is 12.3. The van der Waals surface area contributed by atoms with E-state index in [2.05, 4.69) is 15.4 Å². The summed E-state index contributed by atoms with van der Waals surface area (Å²) in [4.78, 5) is 23.1. The van der Waals surface area contributed by atoms with Crippen LogP contribution in [0.15, 0.2) is 54.6 Å². The molecule has 0 fully saturated rings. The predicted octanol–water partition coefficient (Wildman–Crippen LogP) is 3.89. The van der Waals surface area contributed by atoms with E-state index in [-0.39, 0.29) is 24.3 Å². The van der Waals surface area contributed by atoms with E-state index in [1.165, 1.54) is 24.3 Å². The van der Waals surface area contributed by atoms with Crippen molar-refractivity contribution in [2.75, 3.05) is 5.32 Å². The van der Waals surface area contributed by atoms with Gasteiger partial charge in [0, 0.05) is 24.2 Å². The fourth-order valence-electron chi connectivity index (χ4n) is 2.52. The van der Waals surface area contributed by atoms with E-state index < -0.39 is 24.7 Å². The summed E-state index contributed by atoms with van der Waals surface area (Å²) >= 11 is 0. The zero-order chi connectivity index (χ0) is 19.6. The Morgan fingerprint density at radius 3 is 2.48 bits per heavy atom. The largest absolute Gasteiger partial charge is 0.481 e. The molecular formula is C19H20F2N2O4. The summed E-state index contributed by atoms with van der Waals surface area (Å²) in [7, 11) is 0. The lowest BCUT2D eigenvalue weighted by molar-refractivity contribution is -0.137. The maximum absolute atomic E-state index is 12.3.